The van der Waals surface area contributed by atoms with Crippen molar-refractivity contribution < 1.29 is 4.39 Å². The normalized spacial score (nSPS) is 12.5. The Balaban J connectivity index is 1.34. The standard InChI is InChI=1S/C35H22FN3S/c36-35(23-9-7-8-22(18-23)29-11-3-5-16-37-29)24-14-15-25-27-21-33-28(26-10-1-2-12-32(26)40-33)20-31(27)39(30(25)19-24)34-13-4-6-17-38-34/h1-21,35H. The fraction of sp³-hybridized carbons (Fsp3) is 0.0286. The molecule has 4 aromatic carbocycles. The van der Waals surface area contributed by atoms with E-state index in [-0.39, 0.29) is 0 Å². The molecule has 0 aliphatic heterocycles. The Hall–Kier alpha value is -4.87. The molecule has 0 spiro atoms. The third-order valence-electron chi connectivity index (χ3n) is 7.60. The van der Waals surface area contributed by atoms with Crippen LogP contribution in [0.5, 0.6) is 0 Å². The van der Waals surface area contributed by atoms with Crippen LogP contribution in [0.4, 0.5) is 4.39 Å². The van der Waals surface area contributed by atoms with Crippen molar-refractivity contribution in [1.82, 2.24) is 14.5 Å². The Morgan fingerprint density at radius 3 is 2.23 bits per heavy atom. The predicted molar refractivity (Wildman–Crippen MR) is 164 cm³/mol. The number of thiophene rings is 1. The summed E-state index contributed by atoms with van der Waals surface area (Å²) in [5.74, 6) is 0.811. The van der Waals surface area contributed by atoms with Crippen molar-refractivity contribution in [1.29, 1.82) is 0 Å². The average Bonchev–Trinajstić information content (AvgIpc) is 3.54. The number of rotatable bonds is 4. The summed E-state index contributed by atoms with van der Waals surface area (Å²) in [5.41, 5.74) is 4.95. The van der Waals surface area contributed by atoms with Crippen LogP contribution in [-0.4, -0.2) is 14.5 Å². The molecule has 3 nitrogen and oxygen atoms in total. The zero-order valence-electron chi connectivity index (χ0n) is 21.3. The Kier molecular flexibility index (Phi) is 5.25. The number of pyridine rings is 2. The van der Waals surface area contributed by atoms with E-state index in [2.05, 4.69) is 52.0 Å². The van der Waals surface area contributed by atoms with Gasteiger partial charge in [0.25, 0.3) is 0 Å². The van der Waals surface area contributed by atoms with E-state index >= 15 is 4.39 Å². The maximum Gasteiger partial charge on any atom is 0.150 e. The molecule has 190 valence electrons. The van der Waals surface area contributed by atoms with Gasteiger partial charge in [-0.3, -0.25) is 9.55 Å². The van der Waals surface area contributed by atoms with Gasteiger partial charge in [-0.15, -0.1) is 11.3 Å². The van der Waals surface area contributed by atoms with Gasteiger partial charge in [-0.2, -0.15) is 0 Å². The van der Waals surface area contributed by atoms with Crippen LogP contribution in [0.2, 0.25) is 0 Å². The smallest absolute Gasteiger partial charge is 0.150 e. The summed E-state index contributed by atoms with van der Waals surface area (Å²) >= 11 is 1.80. The van der Waals surface area contributed by atoms with E-state index < -0.39 is 6.17 Å². The molecule has 4 heterocycles. The van der Waals surface area contributed by atoms with Crippen LogP contribution in [0, 0.1) is 0 Å². The minimum Gasteiger partial charge on any atom is -0.294 e. The first kappa shape index (κ1) is 23.1. The van der Waals surface area contributed by atoms with Crippen LogP contribution >= 0.6 is 11.3 Å². The molecular weight excluding hydrogens is 513 g/mol. The molecule has 4 aromatic heterocycles. The van der Waals surface area contributed by atoms with Gasteiger partial charge >= 0.3 is 0 Å². The number of hydrogen-bond donors (Lipinski definition) is 0. The summed E-state index contributed by atoms with van der Waals surface area (Å²) in [5, 5.41) is 4.69. The van der Waals surface area contributed by atoms with E-state index in [9.17, 15) is 0 Å². The maximum atomic E-state index is 16.2. The van der Waals surface area contributed by atoms with E-state index in [1.165, 1.54) is 20.2 Å². The molecule has 0 amide bonds. The van der Waals surface area contributed by atoms with Crippen molar-refractivity contribution >= 4 is 53.3 Å². The fourth-order valence-corrected chi connectivity index (χ4v) is 6.85. The highest BCUT2D eigenvalue weighted by molar-refractivity contribution is 7.25. The zero-order chi connectivity index (χ0) is 26.6. The summed E-state index contributed by atoms with van der Waals surface area (Å²) in [6.45, 7) is 0. The molecular formula is C35H22FN3S. The van der Waals surface area contributed by atoms with Crippen molar-refractivity contribution in [2.24, 2.45) is 0 Å². The lowest BCUT2D eigenvalue weighted by Crippen LogP contribution is -1.99. The monoisotopic (exact) mass is 535 g/mol. The van der Waals surface area contributed by atoms with Gasteiger partial charge in [-0.05, 0) is 65.7 Å². The average molecular weight is 536 g/mol. The third-order valence-corrected chi connectivity index (χ3v) is 8.73. The van der Waals surface area contributed by atoms with Gasteiger partial charge in [0, 0.05) is 48.9 Å². The second-order valence-corrected chi connectivity index (χ2v) is 11.1. The zero-order valence-corrected chi connectivity index (χ0v) is 22.1. The van der Waals surface area contributed by atoms with E-state index in [0.717, 1.165) is 38.9 Å². The summed E-state index contributed by atoms with van der Waals surface area (Å²) in [4.78, 5) is 9.13. The lowest BCUT2D eigenvalue weighted by molar-refractivity contribution is 0.402. The number of aromatic nitrogens is 3. The number of fused-ring (bicyclic) bond motifs is 6. The highest BCUT2D eigenvalue weighted by Crippen LogP contribution is 2.41. The van der Waals surface area contributed by atoms with Crippen molar-refractivity contribution in [2.75, 3.05) is 0 Å². The van der Waals surface area contributed by atoms with Crippen LogP contribution < -0.4 is 0 Å². The van der Waals surface area contributed by atoms with Gasteiger partial charge < -0.3 is 0 Å². The number of halogens is 1. The highest BCUT2D eigenvalue weighted by atomic mass is 32.1. The quantitative estimate of drug-likeness (QED) is 0.225. The Labute approximate surface area is 233 Å². The van der Waals surface area contributed by atoms with Crippen LogP contribution in [0.1, 0.15) is 17.3 Å². The van der Waals surface area contributed by atoms with Crippen molar-refractivity contribution in [3.63, 3.8) is 0 Å². The lowest BCUT2D eigenvalue weighted by Gasteiger charge is -2.12. The Bertz CT molecular complexity index is 2180. The molecule has 8 aromatic rings. The maximum absolute atomic E-state index is 16.2. The minimum atomic E-state index is -1.28. The SMILES string of the molecule is FC(c1cccc(-c2ccccn2)c1)c1ccc2c3cc4sc5ccccc5c4cc3n(-c3ccccn3)c2c1. The third kappa shape index (κ3) is 3.63. The predicted octanol–water partition coefficient (Wildman–Crippen LogP) is 9.67. The molecule has 8 rings (SSSR count). The Morgan fingerprint density at radius 1 is 0.575 bits per heavy atom. The molecule has 0 aliphatic carbocycles. The van der Waals surface area contributed by atoms with E-state index in [0.29, 0.717) is 11.1 Å². The molecule has 0 saturated carbocycles. The van der Waals surface area contributed by atoms with Crippen LogP contribution in [0.25, 0.3) is 59.1 Å². The summed E-state index contributed by atoms with van der Waals surface area (Å²) in [7, 11) is 0. The minimum absolute atomic E-state index is 0.606. The molecule has 0 aliphatic rings. The molecule has 40 heavy (non-hydrogen) atoms. The largest absolute Gasteiger partial charge is 0.294 e. The Morgan fingerprint density at radius 2 is 1.38 bits per heavy atom. The molecule has 5 heteroatoms. The second-order valence-electron chi connectivity index (χ2n) is 9.97. The number of nitrogens with zero attached hydrogens (tertiary/aromatic N) is 3. The summed E-state index contributed by atoms with van der Waals surface area (Å²) in [6, 6.07) is 38.3. The highest BCUT2D eigenvalue weighted by Gasteiger charge is 2.20. The van der Waals surface area contributed by atoms with E-state index in [1.807, 2.05) is 72.8 Å². The van der Waals surface area contributed by atoms with Crippen molar-refractivity contribution in [3.05, 3.63) is 139 Å². The van der Waals surface area contributed by atoms with Gasteiger partial charge in [0.05, 0.1) is 16.7 Å². The van der Waals surface area contributed by atoms with Crippen LogP contribution in [-0.2, 0) is 0 Å². The van der Waals surface area contributed by atoms with Gasteiger partial charge in [0.15, 0.2) is 6.17 Å². The second kappa shape index (κ2) is 9.11. The van der Waals surface area contributed by atoms with E-state index in [4.69, 9.17) is 4.98 Å². The molecule has 1 unspecified atom stereocenters. The number of benzene rings is 4. The van der Waals surface area contributed by atoms with Crippen LogP contribution in [0.3, 0.4) is 0 Å². The van der Waals surface area contributed by atoms with Gasteiger partial charge in [-0.25, -0.2) is 9.37 Å². The topological polar surface area (TPSA) is 30.7 Å². The summed E-state index contributed by atoms with van der Waals surface area (Å²) < 4.78 is 20.9. The molecule has 1 atom stereocenters. The number of alkyl halides is 1. The number of hydrogen-bond acceptors (Lipinski definition) is 3. The van der Waals surface area contributed by atoms with Crippen molar-refractivity contribution in [2.45, 2.75) is 6.17 Å². The molecule has 0 radical (unpaired) electrons. The molecule has 0 saturated heterocycles. The molecule has 0 bridgehead atoms. The molecule has 0 N–H and O–H groups in total. The van der Waals surface area contributed by atoms with Gasteiger partial charge in [0.2, 0.25) is 0 Å². The lowest BCUT2D eigenvalue weighted by atomic mass is 9.98. The first-order valence-electron chi connectivity index (χ1n) is 13.2. The van der Waals surface area contributed by atoms with Gasteiger partial charge in [-0.1, -0.05) is 60.7 Å². The first-order chi connectivity index (χ1) is 19.7. The first-order valence-corrected chi connectivity index (χ1v) is 14.0. The van der Waals surface area contributed by atoms with E-state index in [1.54, 1.807) is 23.7 Å². The van der Waals surface area contributed by atoms with Crippen LogP contribution in [0.15, 0.2) is 128 Å². The molecule has 0 fully saturated rings. The summed E-state index contributed by atoms with van der Waals surface area (Å²) in [6.07, 6.45) is 2.28. The van der Waals surface area contributed by atoms with Gasteiger partial charge in [0.1, 0.15) is 5.82 Å². The fourth-order valence-electron chi connectivity index (χ4n) is 5.72. The van der Waals surface area contributed by atoms with Crippen molar-refractivity contribution in [3.8, 4) is 17.1 Å².